The van der Waals surface area contributed by atoms with E-state index in [1.165, 1.54) is 143 Å². The summed E-state index contributed by atoms with van der Waals surface area (Å²) in [6.45, 7) is 10.7. The zero-order valence-electron chi connectivity index (χ0n) is 30.8. The van der Waals surface area contributed by atoms with E-state index in [0.29, 0.717) is 5.92 Å². The van der Waals surface area contributed by atoms with Crippen molar-refractivity contribution in [3.8, 4) is 33.8 Å². The molecule has 47 heavy (non-hydrogen) atoms. The molecule has 0 fully saturated rings. The van der Waals surface area contributed by atoms with Crippen molar-refractivity contribution >= 4 is 0 Å². The van der Waals surface area contributed by atoms with E-state index >= 15 is 0 Å². The fourth-order valence-electron chi connectivity index (χ4n) is 6.46. The summed E-state index contributed by atoms with van der Waals surface area (Å²) in [5.41, 5.74) is 6.25. The molecule has 0 N–H and O–H groups in total. The number of hydrogen-bond donors (Lipinski definition) is 0. The molecule has 3 rings (SSSR count). The van der Waals surface area contributed by atoms with E-state index in [9.17, 15) is 0 Å². The van der Waals surface area contributed by atoms with Crippen molar-refractivity contribution < 1.29 is 9.47 Å². The molecule has 2 nitrogen and oxygen atoms in total. The van der Waals surface area contributed by atoms with Crippen LogP contribution in [0.25, 0.3) is 22.3 Å². The standard InChI is InChI=1S/C45H68O2/c1-5-7-9-11-13-15-17-19-21-23-35-46-43-32-29-40(30-33-43)39-25-27-41(28-26-39)42-31-34-45(44(37-42)38(3)4)47-36-24-22-20-18-16-14-12-10-8-6-2/h25-34,37-38H,5-24,35-36H2,1-4H3. The third kappa shape index (κ3) is 15.8. The summed E-state index contributed by atoms with van der Waals surface area (Å²) in [6.07, 6.45) is 27.0. The maximum Gasteiger partial charge on any atom is 0.122 e. The van der Waals surface area contributed by atoms with Gasteiger partial charge in [0.1, 0.15) is 11.5 Å². The molecule has 0 saturated heterocycles. The molecule has 3 aromatic rings. The second-order valence-electron chi connectivity index (χ2n) is 14.1. The Hall–Kier alpha value is -2.74. The topological polar surface area (TPSA) is 18.5 Å². The molecular formula is C45H68O2. The van der Waals surface area contributed by atoms with Crippen LogP contribution in [0.5, 0.6) is 11.5 Å². The van der Waals surface area contributed by atoms with Crippen LogP contribution < -0.4 is 9.47 Å². The molecule has 3 aromatic carbocycles. The van der Waals surface area contributed by atoms with Crippen LogP contribution >= 0.6 is 0 Å². The van der Waals surface area contributed by atoms with Crippen LogP contribution in [0, 0.1) is 0 Å². The third-order valence-corrected chi connectivity index (χ3v) is 9.56. The SMILES string of the molecule is CCCCCCCCCCCCOc1ccc(-c2ccc(-c3ccc(OCCCCCCCCCCCC)c(C(C)C)c3)cc2)cc1. The van der Waals surface area contributed by atoms with Gasteiger partial charge in [-0.15, -0.1) is 0 Å². The molecule has 0 aliphatic rings. The molecule has 0 spiro atoms. The Kier molecular flexibility index (Phi) is 20.1. The minimum Gasteiger partial charge on any atom is -0.494 e. The van der Waals surface area contributed by atoms with Crippen LogP contribution in [0.4, 0.5) is 0 Å². The van der Waals surface area contributed by atoms with Gasteiger partial charge in [0.2, 0.25) is 0 Å². The zero-order chi connectivity index (χ0) is 33.4. The summed E-state index contributed by atoms with van der Waals surface area (Å²) < 4.78 is 12.3. The minimum atomic E-state index is 0.419. The Balaban J connectivity index is 1.38. The van der Waals surface area contributed by atoms with Crippen LogP contribution in [0.15, 0.2) is 66.7 Å². The average molecular weight is 641 g/mol. The fraction of sp³-hybridized carbons (Fsp3) is 0.600. The number of rotatable bonds is 27. The molecule has 0 unspecified atom stereocenters. The molecule has 0 atom stereocenters. The highest BCUT2D eigenvalue weighted by atomic mass is 16.5. The average Bonchev–Trinajstić information content (AvgIpc) is 3.10. The summed E-state index contributed by atoms with van der Waals surface area (Å²) in [4.78, 5) is 0. The summed E-state index contributed by atoms with van der Waals surface area (Å²) in [6, 6.07) is 24.3. The van der Waals surface area contributed by atoms with Crippen LogP contribution in [-0.4, -0.2) is 13.2 Å². The summed E-state index contributed by atoms with van der Waals surface area (Å²) in [5, 5.41) is 0. The number of ether oxygens (including phenoxy) is 2. The Morgan fingerprint density at radius 1 is 0.404 bits per heavy atom. The van der Waals surface area contributed by atoms with E-state index < -0.39 is 0 Å². The Morgan fingerprint density at radius 2 is 0.766 bits per heavy atom. The van der Waals surface area contributed by atoms with E-state index in [2.05, 4.69) is 94.4 Å². The highest BCUT2D eigenvalue weighted by Crippen LogP contribution is 2.33. The Labute approximate surface area is 290 Å². The predicted molar refractivity (Wildman–Crippen MR) is 206 cm³/mol. The maximum atomic E-state index is 6.30. The van der Waals surface area contributed by atoms with Gasteiger partial charge in [-0.1, -0.05) is 186 Å². The van der Waals surface area contributed by atoms with E-state index in [1.54, 1.807) is 0 Å². The van der Waals surface area contributed by atoms with Crippen LogP contribution in [-0.2, 0) is 0 Å². The molecule has 2 heteroatoms. The lowest BCUT2D eigenvalue weighted by molar-refractivity contribution is 0.300. The van der Waals surface area contributed by atoms with Crippen molar-refractivity contribution in [2.45, 2.75) is 162 Å². The highest BCUT2D eigenvalue weighted by molar-refractivity contribution is 5.71. The van der Waals surface area contributed by atoms with Gasteiger partial charge in [0.05, 0.1) is 13.2 Å². The smallest absolute Gasteiger partial charge is 0.122 e. The number of benzene rings is 3. The lowest BCUT2D eigenvalue weighted by Crippen LogP contribution is -2.02. The van der Waals surface area contributed by atoms with Crippen molar-refractivity contribution in [3.05, 3.63) is 72.3 Å². The van der Waals surface area contributed by atoms with Gasteiger partial charge < -0.3 is 9.47 Å². The van der Waals surface area contributed by atoms with Crippen molar-refractivity contribution in [2.24, 2.45) is 0 Å². The van der Waals surface area contributed by atoms with Crippen LogP contribution in [0.3, 0.4) is 0 Å². The number of unbranched alkanes of at least 4 members (excludes halogenated alkanes) is 18. The first-order chi connectivity index (χ1) is 23.1. The van der Waals surface area contributed by atoms with Crippen molar-refractivity contribution in [2.75, 3.05) is 13.2 Å². The van der Waals surface area contributed by atoms with E-state index in [1.807, 2.05) is 0 Å². The minimum absolute atomic E-state index is 0.419. The van der Waals surface area contributed by atoms with Gasteiger partial charge in [-0.05, 0) is 70.8 Å². The van der Waals surface area contributed by atoms with Crippen molar-refractivity contribution in [1.29, 1.82) is 0 Å². The van der Waals surface area contributed by atoms with Crippen LogP contribution in [0.1, 0.15) is 168 Å². The second kappa shape index (κ2) is 24.4. The second-order valence-corrected chi connectivity index (χ2v) is 14.1. The third-order valence-electron chi connectivity index (χ3n) is 9.56. The van der Waals surface area contributed by atoms with Gasteiger partial charge in [-0.25, -0.2) is 0 Å². The molecule has 0 aromatic heterocycles. The molecule has 260 valence electrons. The molecule has 0 aliphatic heterocycles. The molecule has 0 saturated carbocycles. The first-order valence-corrected chi connectivity index (χ1v) is 19.7. The highest BCUT2D eigenvalue weighted by Gasteiger charge is 2.11. The Morgan fingerprint density at radius 3 is 1.21 bits per heavy atom. The summed E-state index contributed by atoms with van der Waals surface area (Å²) in [5.74, 6) is 2.44. The Bertz CT molecular complexity index is 1180. The molecule has 0 bridgehead atoms. The van der Waals surface area contributed by atoms with E-state index in [4.69, 9.17) is 9.47 Å². The lowest BCUT2D eigenvalue weighted by Gasteiger charge is -2.16. The van der Waals surface area contributed by atoms with Gasteiger partial charge in [-0.2, -0.15) is 0 Å². The molecular weight excluding hydrogens is 572 g/mol. The van der Waals surface area contributed by atoms with E-state index in [0.717, 1.165) is 37.6 Å². The van der Waals surface area contributed by atoms with Gasteiger partial charge in [0.15, 0.2) is 0 Å². The normalized spacial score (nSPS) is 11.3. The lowest BCUT2D eigenvalue weighted by atomic mass is 9.95. The van der Waals surface area contributed by atoms with Gasteiger partial charge in [-0.3, -0.25) is 0 Å². The van der Waals surface area contributed by atoms with Crippen molar-refractivity contribution in [3.63, 3.8) is 0 Å². The molecule has 0 radical (unpaired) electrons. The van der Waals surface area contributed by atoms with E-state index in [-0.39, 0.29) is 0 Å². The van der Waals surface area contributed by atoms with Crippen molar-refractivity contribution in [1.82, 2.24) is 0 Å². The first kappa shape index (κ1) is 38.7. The van der Waals surface area contributed by atoms with Gasteiger partial charge in [0.25, 0.3) is 0 Å². The molecule has 0 heterocycles. The monoisotopic (exact) mass is 641 g/mol. The zero-order valence-corrected chi connectivity index (χ0v) is 30.8. The maximum absolute atomic E-state index is 6.30. The number of hydrogen-bond acceptors (Lipinski definition) is 2. The summed E-state index contributed by atoms with van der Waals surface area (Å²) >= 11 is 0. The van der Waals surface area contributed by atoms with Gasteiger partial charge >= 0.3 is 0 Å². The quantitative estimate of drug-likeness (QED) is 0.0772. The molecule has 0 amide bonds. The largest absolute Gasteiger partial charge is 0.494 e. The predicted octanol–water partition coefficient (Wildman–Crippen LogP) is 14.7. The molecule has 0 aliphatic carbocycles. The first-order valence-electron chi connectivity index (χ1n) is 19.7. The van der Waals surface area contributed by atoms with Gasteiger partial charge in [0, 0.05) is 0 Å². The summed E-state index contributed by atoms with van der Waals surface area (Å²) in [7, 11) is 0. The fourth-order valence-corrected chi connectivity index (χ4v) is 6.46. The van der Waals surface area contributed by atoms with Crippen LogP contribution in [0.2, 0.25) is 0 Å².